The van der Waals surface area contributed by atoms with E-state index in [0.717, 1.165) is 25.2 Å². The van der Waals surface area contributed by atoms with Crippen molar-refractivity contribution in [1.29, 1.82) is 0 Å². The highest BCUT2D eigenvalue weighted by Crippen LogP contribution is 2.22. The lowest BCUT2D eigenvalue weighted by molar-refractivity contribution is 0.233. The molecule has 0 fully saturated rings. The SMILES string of the molecule is NCc1nc(CN2CCc3c(cnn3-c3ccccc3)C2)no1. The molecule has 2 N–H and O–H groups in total. The molecule has 0 amide bonds. The molecule has 1 aromatic carbocycles. The zero-order chi connectivity index (χ0) is 15.6. The molecule has 2 aromatic heterocycles. The Labute approximate surface area is 133 Å². The van der Waals surface area contributed by atoms with E-state index in [4.69, 9.17) is 10.3 Å². The first-order valence-corrected chi connectivity index (χ1v) is 7.68. The first kappa shape index (κ1) is 14.1. The molecule has 23 heavy (non-hydrogen) atoms. The Kier molecular flexibility index (Phi) is 3.64. The zero-order valence-corrected chi connectivity index (χ0v) is 12.7. The number of hydrogen-bond donors (Lipinski definition) is 1. The van der Waals surface area contributed by atoms with Gasteiger partial charge >= 0.3 is 0 Å². The Bertz CT molecular complexity index is 794. The van der Waals surface area contributed by atoms with Gasteiger partial charge in [0.25, 0.3) is 0 Å². The number of nitrogens with zero attached hydrogens (tertiary/aromatic N) is 5. The summed E-state index contributed by atoms with van der Waals surface area (Å²) < 4.78 is 7.09. The van der Waals surface area contributed by atoms with Crippen LogP contribution in [-0.4, -0.2) is 31.4 Å². The lowest BCUT2D eigenvalue weighted by atomic mass is 10.1. The molecule has 0 aliphatic carbocycles. The monoisotopic (exact) mass is 310 g/mol. The molecule has 3 heterocycles. The average Bonchev–Trinajstić information content (AvgIpc) is 3.22. The summed E-state index contributed by atoms with van der Waals surface area (Å²) in [6, 6.07) is 10.2. The van der Waals surface area contributed by atoms with E-state index < -0.39 is 0 Å². The normalized spacial score (nSPS) is 14.8. The number of nitrogens with two attached hydrogens (primary N) is 1. The number of hydrogen-bond acceptors (Lipinski definition) is 6. The van der Waals surface area contributed by atoms with Crippen molar-refractivity contribution < 1.29 is 4.52 Å². The summed E-state index contributed by atoms with van der Waals surface area (Å²) in [7, 11) is 0. The van der Waals surface area contributed by atoms with E-state index in [1.165, 1.54) is 11.3 Å². The average molecular weight is 310 g/mol. The second kappa shape index (κ2) is 5.94. The summed E-state index contributed by atoms with van der Waals surface area (Å²) in [6.07, 6.45) is 2.90. The molecule has 0 radical (unpaired) electrons. The van der Waals surface area contributed by atoms with Gasteiger partial charge in [0.05, 0.1) is 25.0 Å². The van der Waals surface area contributed by atoms with Crippen LogP contribution < -0.4 is 5.73 Å². The van der Waals surface area contributed by atoms with E-state index in [-0.39, 0.29) is 6.54 Å². The number of aromatic nitrogens is 4. The van der Waals surface area contributed by atoms with Crippen molar-refractivity contribution in [3.8, 4) is 5.69 Å². The van der Waals surface area contributed by atoms with Gasteiger partial charge in [0.2, 0.25) is 5.89 Å². The molecule has 0 atom stereocenters. The maximum atomic E-state index is 5.50. The fourth-order valence-electron chi connectivity index (χ4n) is 2.95. The van der Waals surface area contributed by atoms with Gasteiger partial charge < -0.3 is 10.3 Å². The van der Waals surface area contributed by atoms with E-state index in [1.807, 2.05) is 29.1 Å². The van der Waals surface area contributed by atoms with Gasteiger partial charge in [0.1, 0.15) is 0 Å². The molecule has 3 aromatic rings. The summed E-state index contributed by atoms with van der Waals surface area (Å²) in [5.41, 5.74) is 9.13. The molecule has 0 saturated heterocycles. The topological polar surface area (TPSA) is 86.0 Å². The molecule has 0 bridgehead atoms. The van der Waals surface area contributed by atoms with Crippen LogP contribution in [0.4, 0.5) is 0 Å². The van der Waals surface area contributed by atoms with Crippen molar-refractivity contribution in [2.45, 2.75) is 26.1 Å². The van der Waals surface area contributed by atoms with Crippen LogP contribution in [0.1, 0.15) is 23.0 Å². The number of fused-ring (bicyclic) bond motifs is 1. The molecular formula is C16H18N6O. The Balaban J connectivity index is 1.51. The fraction of sp³-hybridized carbons (Fsp3) is 0.312. The third-order valence-electron chi connectivity index (χ3n) is 4.06. The van der Waals surface area contributed by atoms with E-state index >= 15 is 0 Å². The predicted octanol–water partition coefficient (Wildman–Crippen LogP) is 1.27. The fourth-order valence-corrected chi connectivity index (χ4v) is 2.95. The second-order valence-corrected chi connectivity index (χ2v) is 5.63. The van der Waals surface area contributed by atoms with Gasteiger partial charge in [0, 0.05) is 30.8 Å². The molecule has 7 nitrogen and oxygen atoms in total. The van der Waals surface area contributed by atoms with Gasteiger partial charge in [-0.05, 0) is 12.1 Å². The molecule has 7 heteroatoms. The predicted molar refractivity (Wildman–Crippen MR) is 83.6 cm³/mol. The maximum absolute atomic E-state index is 5.50. The van der Waals surface area contributed by atoms with E-state index in [2.05, 4.69) is 32.3 Å². The maximum Gasteiger partial charge on any atom is 0.240 e. The van der Waals surface area contributed by atoms with Gasteiger partial charge in [-0.1, -0.05) is 23.4 Å². The molecular weight excluding hydrogens is 292 g/mol. The standard InChI is InChI=1S/C16H18N6O/c17-8-16-19-15(20-23-16)11-21-7-6-14-12(10-21)9-18-22(14)13-4-2-1-3-5-13/h1-5,9H,6-8,10-11,17H2. The first-order chi connectivity index (χ1) is 11.3. The molecule has 1 aliphatic rings. The Morgan fingerprint density at radius 2 is 2.09 bits per heavy atom. The van der Waals surface area contributed by atoms with Crippen LogP contribution in [0.15, 0.2) is 41.1 Å². The van der Waals surface area contributed by atoms with E-state index in [0.29, 0.717) is 18.3 Å². The summed E-state index contributed by atoms with van der Waals surface area (Å²) in [6.45, 7) is 2.73. The quantitative estimate of drug-likeness (QED) is 0.781. The van der Waals surface area contributed by atoms with Gasteiger partial charge in [-0.3, -0.25) is 4.90 Å². The van der Waals surface area contributed by atoms with Gasteiger partial charge in [-0.25, -0.2) is 4.68 Å². The minimum Gasteiger partial charge on any atom is -0.338 e. The highest BCUT2D eigenvalue weighted by atomic mass is 16.5. The van der Waals surface area contributed by atoms with Gasteiger partial charge in [-0.2, -0.15) is 10.1 Å². The van der Waals surface area contributed by atoms with Crippen molar-refractivity contribution in [1.82, 2.24) is 24.8 Å². The van der Waals surface area contributed by atoms with Crippen molar-refractivity contribution in [2.24, 2.45) is 5.73 Å². The third-order valence-corrected chi connectivity index (χ3v) is 4.06. The van der Waals surface area contributed by atoms with E-state index in [1.54, 1.807) is 0 Å². The molecule has 1 aliphatic heterocycles. The van der Waals surface area contributed by atoms with Crippen molar-refractivity contribution >= 4 is 0 Å². The summed E-state index contributed by atoms with van der Waals surface area (Å²) >= 11 is 0. The molecule has 0 spiro atoms. The highest BCUT2D eigenvalue weighted by molar-refractivity contribution is 5.35. The Hall–Kier alpha value is -2.51. The van der Waals surface area contributed by atoms with Crippen molar-refractivity contribution in [3.05, 3.63) is 59.5 Å². The minimum atomic E-state index is 0.279. The Morgan fingerprint density at radius 1 is 1.22 bits per heavy atom. The number of rotatable bonds is 4. The van der Waals surface area contributed by atoms with Crippen molar-refractivity contribution in [2.75, 3.05) is 6.54 Å². The largest absolute Gasteiger partial charge is 0.338 e. The Morgan fingerprint density at radius 3 is 2.87 bits per heavy atom. The summed E-state index contributed by atoms with van der Waals surface area (Å²) in [4.78, 5) is 6.56. The molecule has 0 unspecified atom stereocenters. The molecule has 118 valence electrons. The smallest absolute Gasteiger partial charge is 0.240 e. The van der Waals surface area contributed by atoms with Crippen LogP contribution in [-0.2, 0) is 26.1 Å². The zero-order valence-electron chi connectivity index (χ0n) is 12.7. The summed E-state index contributed by atoms with van der Waals surface area (Å²) in [5.74, 6) is 1.17. The number of para-hydroxylation sites is 1. The summed E-state index contributed by atoms with van der Waals surface area (Å²) in [5, 5.41) is 8.51. The van der Waals surface area contributed by atoms with Gasteiger partial charge in [-0.15, -0.1) is 0 Å². The first-order valence-electron chi connectivity index (χ1n) is 7.68. The lowest BCUT2D eigenvalue weighted by Crippen LogP contribution is -2.30. The highest BCUT2D eigenvalue weighted by Gasteiger charge is 2.22. The van der Waals surface area contributed by atoms with Crippen LogP contribution >= 0.6 is 0 Å². The van der Waals surface area contributed by atoms with Crippen LogP contribution in [0.3, 0.4) is 0 Å². The lowest BCUT2D eigenvalue weighted by Gasteiger charge is -2.26. The molecule has 0 saturated carbocycles. The third kappa shape index (κ3) is 2.76. The van der Waals surface area contributed by atoms with Crippen molar-refractivity contribution in [3.63, 3.8) is 0 Å². The minimum absolute atomic E-state index is 0.279. The van der Waals surface area contributed by atoms with Crippen LogP contribution in [0.2, 0.25) is 0 Å². The molecule has 4 rings (SSSR count). The van der Waals surface area contributed by atoms with Crippen LogP contribution in [0.25, 0.3) is 5.69 Å². The van der Waals surface area contributed by atoms with Crippen LogP contribution in [0, 0.1) is 0 Å². The van der Waals surface area contributed by atoms with Gasteiger partial charge in [0.15, 0.2) is 5.82 Å². The van der Waals surface area contributed by atoms with E-state index in [9.17, 15) is 0 Å². The second-order valence-electron chi connectivity index (χ2n) is 5.63. The number of benzene rings is 1. The van der Waals surface area contributed by atoms with Crippen LogP contribution in [0.5, 0.6) is 0 Å².